The lowest BCUT2D eigenvalue weighted by atomic mass is 10.1. The van der Waals surface area contributed by atoms with Gasteiger partial charge in [0.1, 0.15) is 11.6 Å². The summed E-state index contributed by atoms with van der Waals surface area (Å²) in [6, 6.07) is 30.2. The Balaban J connectivity index is 1.24. The zero-order chi connectivity index (χ0) is 22.0. The number of fused-ring (bicyclic) bond motifs is 2. The first-order chi connectivity index (χ1) is 16.3. The zero-order valence-corrected chi connectivity index (χ0v) is 17.7. The second-order valence-electron chi connectivity index (χ2n) is 7.74. The van der Waals surface area contributed by atoms with Crippen LogP contribution in [0.5, 0.6) is 0 Å². The van der Waals surface area contributed by atoms with E-state index in [0.717, 1.165) is 56.2 Å². The van der Waals surface area contributed by atoms with Crippen molar-refractivity contribution in [2.24, 2.45) is 0 Å². The van der Waals surface area contributed by atoms with E-state index in [2.05, 4.69) is 55.9 Å². The lowest BCUT2D eigenvalue weighted by Crippen LogP contribution is -1.92. The summed E-state index contributed by atoms with van der Waals surface area (Å²) >= 11 is 0. The highest BCUT2D eigenvalue weighted by molar-refractivity contribution is 5.92. The molecule has 0 bridgehead atoms. The van der Waals surface area contributed by atoms with Gasteiger partial charge >= 0.3 is 0 Å². The van der Waals surface area contributed by atoms with Gasteiger partial charge in [-0.05, 0) is 66.7 Å². The van der Waals surface area contributed by atoms with Crippen molar-refractivity contribution in [3.63, 3.8) is 0 Å². The van der Waals surface area contributed by atoms with Gasteiger partial charge in [-0.25, -0.2) is 9.97 Å². The van der Waals surface area contributed by atoms with E-state index in [0.29, 0.717) is 0 Å². The summed E-state index contributed by atoms with van der Waals surface area (Å²) in [5, 5.41) is 7.90. The van der Waals surface area contributed by atoms with Crippen LogP contribution in [-0.4, -0.2) is 19.9 Å². The van der Waals surface area contributed by atoms with E-state index in [1.807, 2.05) is 66.9 Å². The fourth-order valence-corrected chi connectivity index (χ4v) is 3.88. The molecule has 0 unspecified atom stereocenters. The van der Waals surface area contributed by atoms with Gasteiger partial charge < -0.3 is 15.6 Å². The smallest absolute Gasteiger partial charge is 0.138 e. The lowest BCUT2D eigenvalue weighted by molar-refractivity contribution is 1.31. The number of aromatic amines is 1. The highest BCUT2D eigenvalue weighted by atomic mass is 15.0. The fraction of sp³-hybridized carbons (Fsp3) is 0. The Hall–Kier alpha value is -4.71. The number of benzene rings is 3. The largest absolute Gasteiger partial charge is 0.355 e. The van der Waals surface area contributed by atoms with Gasteiger partial charge in [0.05, 0.1) is 16.6 Å². The number of nitrogens with zero attached hydrogens (tertiary/aromatic N) is 3. The number of H-pyrrole nitrogens is 1. The van der Waals surface area contributed by atoms with Gasteiger partial charge in [0.2, 0.25) is 0 Å². The molecule has 6 nitrogen and oxygen atoms in total. The number of para-hydroxylation sites is 1. The van der Waals surface area contributed by atoms with Crippen molar-refractivity contribution in [1.29, 1.82) is 0 Å². The normalized spacial score (nSPS) is 11.0. The maximum atomic E-state index is 4.80. The number of pyridine rings is 2. The van der Waals surface area contributed by atoms with E-state index in [1.165, 1.54) is 0 Å². The van der Waals surface area contributed by atoms with Gasteiger partial charge in [0.15, 0.2) is 0 Å². The number of nitrogens with one attached hydrogen (secondary N) is 3. The molecule has 0 amide bonds. The van der Waals surface area contributed by atoms with E-state index >= 15 is 0 Å². The van der Waals surface area contributed by atoms with Crippen LogP contribution in [0.15, 0.2) is 103 Å². The van der Waals surface area contributed by atoms with Crippen molar-refractivity contribution in [3.8, 4) is 11.4 Å². The predicted molar refractivity (Wildman–Crippen MR) is 134 cm³/mol. The topological polar surface area (TPSA) is 78.5 Å². The number of anilines is 4. The summed E-state index contributed by atoms with van der Waals surface area (Å²) in [6.45, 7) is 0. The number of imidazole rings is 1. The van der Waals surface area contributed by atoms with Crippen molar-refractivity contribution >= 4 is 44.8 Å². The van der Waals surface area contributed by atoms with Crippen LogP contribution in [-0.2, 0) is 0 Å². The minimum absolute atomic E-state index is 0.803. The summed E-state index contributed by atoms with van der Waals surface area (Å²) < 4.78 is 0. The average molecular weight is 428 g/mol. The van der Waals surface area contributed by atoms with Crippen LogP contribution in [0.25, 0.3) is 33.3 Å². The van der Waals surface area contributed by atoms with Crippen LogP contribution < -0.4 is 10.6 Å². The first kappa shape index (κ1) is 19.0. The molecule has 0 fully saturated rings. The van der Waals surface area contributed by atoms with E-state index < -0.39 is 0 Å². The molecular weight excluding hydrogens is 408 g/mol. The van der Waals surface area contributed by atoms with E-state index in [9.17, 15) is 0 Å². The van der Waals surface area contributed by atoms with Crippen LogP contribution in [0.2, 0.25) is 0 Å². The van der Waals surface area contributed by atoms with Gasteiger partial charge in [-0.3, -0.25) is 4.98 Å². The minimum Gasteiger partial charge on any atom is -0.355 e. The number of hydrogen-bond donors (Lipinski definition) is 3. The maximum absolute atomic E-state index is 4.80. The second-order valence-corrected chi connectivity index (χ2v) is 7.74. The maximum Gasteiger partial charge on any atom is 0.138 e. The third-order valence-corrected chi connectivity index (χ3v) is 5.51. The van der Waals surface area contributed by atoms with Crippen LogP contribution in [0.4, 0.5) is 22.9 Å². The molecule has 0 atom stereocenters. The third kappa shape index (κ3) is 3.85. The zero-order valence-electron chi connectivity index (χ0n) is 17.7. The van der Waals surface area contributed by atoms with E-state index in [-0.39, 0.29) is 0 Å². The van der Waals surface area contributed by atoms with E-state index in [1.54, 1.807) is 6.20 Å². The SMILES string of the molecule is c1ccc(Nc2ccc3[nH]c(-c4ccc(Nc5ccnc6ccccc56)cc4)nc3c2)nc1. The Morgan fingerprint density at radius 2 is 1.48 bits per heavy atom. The molecule has 0 spiro atoms. The molecule has 0 aliphatic rings. The molecule has 0 saturated heterocycles. The van der Waals surface area contributed by atoms with Crippen molar-refractivity contribution in [2.75, 3.05) is 10.6 Å². The number of rotatable bonds is 5. The molecule has 6 rings (SSSR count). The molecule has 3 aromatic carbocycles. The molecule has 6 aromatic rings. The van der Waals surface area contributed by atoms with Crippen molar-refractivity contribution in [2.45, 2.75) is 0 Å². The van der Waals surface area contributed by atoms with E-state index in [4.69, 9.17) is 4.98 Å². The van der Waals surface area contributed by atoms with Crippen molar-refractivity contribution < 1.29 is 0 Å². The molecule has 6 heteroatoms. The molecule has 33 heavy (non-hydrogen) atoms. The molecule has 0 saturated carbocycles. The highest BCUT2D eigenvalue weighted by Crippen LogP contribution is 2.28. The first-order valence-corrected chi connectivity index (χ1v) is 10.7. The van der Waals surface area contributed by atoms with Crippen LogP contribution in [0.3, 0.4) is 0 Å². The van der Waals surface area contributed by atoms with Gasteiger partial charge in [-0.15, -0.1) is 0 Å². The van der Waals surface area contributed by atoms with Gasteiger partial charge in [0, 0.05) is 40.4 Å². The highest BCUT2D eigenvalue weighted by Gasteiger charge is 2.08. The lowest BCUT2D eigenvalue weighted by Gasteiger charge is -2.09. The van der Waals surface area contributed by atoms with Gasteiger partial charge in [-0.1, -0.05) is 24.3 Å². The van der Waals surface area contributed by atoms with Gasteiger partial charge in [-0.2, -0.15) is 0 Å². The molecule has 3 N–H and O–H groups in total. The molecule has 3 heterocycles. The standard InChI is InChI=1S/C27H20N6/c1-2-6-22-21(5-1)23(14-16-28-22)30-19-10-8-18(9-11-19)27-32-24-13-12-20(17-25(24)33-27)31-26-7-3-4-15-29-26/h1-17H,(H,28,30)(H,29,31)(H,32,33). The van der Waals surface area contributed by atoms with Crippen LogP contribution in [0, 0.1) is 0 Å². The summed E-state index contributed by atoms with van der Waals surface area (Å²) in [7, 11) is 0. The summed E-state index contributed by atoms with van der Waals surface area (Å²) in [6.07, 6.45) is 3.59. The number of aromatic nitrogens is 4. The predicted octanol–water partition coefficient (Wildman–Crippen LogP) is 6.66. The second kappa shape index (κ2) is 8.09. The molecule has 0 aliphatic heterocycles. The minimum atomic E-state index is 0.803. The Bertz CT molecular complexity index is 1550. The molecule has 158 valence electrons. The third-order valence-electron chi connectivity index (χ3n) is 5.51. The molecule has 3 aromatic heterocycles. The molecule has 0 aliphatic carbocycles. The summed E-state index contributed by atoms with van der Waals surface area (Å²) in [5.74, 6) is 1.64. The number of hydrogen-bond acceptors (Lipinski definition) is 5. The molecular formula is C27H20N6. The average Bonchev–Trinajstić information content (AvgIpc) is 3.29. The Morgan fingerprint density at radius 3 is 2.36 bits per heavy atom. The van der Waals surface area contributed by atoms with Crippen molar-refractivity contribution in [3.05, 3.63) is 103 Å². The van der Waals surface area contributed by atoms with Gasteiger partial charge in [0.25, 0.3) is 0 Å². The fourth-order valence-electron chi connectivity index (χ4n) is 3.88. The Kier molecular flexibility index (Phi) is 4.66. The van der Waals surface area contributed by atoms with Crippen LogP contribution in [0.1, 0.15) is 0 Å². The molecule has 0 radical (unpaired) electrons. The summed E-state index contributed by atoms with van der Waals surface area (Å²) in [4.78, 5) is 16.9. The summed E-state index contributed by atoms with van der Waals surface area (Å²) in [5.41, 5.74) is 6.87. The Morgan fingerprint density at radius 1 is 0.636 bits per heavy atom. The van der Waals surface area contributed by atoms with Crippen LogP contribution >= 0.6 is 0 Å². The van der Waals surface area contributed by atoms with Crippen molar-refractivity contribution in [1.82, 2.24) is 19.9 Å². The quantitative estimate of drug-likeness (QED) is 0.286. The Labute approximate surface area is 190 Å². The first-order valence-electron chi connectivity index (χ1n) is 10.7. The monoisotopic (exact) mass is 428 g/mol.